The van der Waals surface area contributed by atoms with Crippen molar-refractivity contribution >= 4 is 17.3 Å². The fourth-order valence-corrected chi connectivity index (χ4v) is 5.01. The molecule has 3 aromatic rings. The first-order valence-electron chi connectivity index (χ1n) is 9.98. The molecule has 2 aromatic carbocycles. The summed E-state index contributed by atoms with van der Waals surface area (Å²) in [6.07, 6.45) is 2.08. The molecule has 4 rings (SSSR count). The maximum Gasteiger partial charge on any atom is 0.337 e. The van der Waals surface area contributed by atoms with Gasteiger partial charge in [-0.15, -0.1) is 11.3 Å². The van der Waals surface area contributed by atoms with Crippen LogP contribution in [0.4, 0.5) is 0 Å². The number of esters is 1. The third-order valence-electron chi connectivity index (χ3n) is 5.90. The van der Waals surface area contributed by atoms with Crippen molar-refractivity contribution < 1.29 is 9.53 Å². The van der Waals surface area contributed by atoms with E-state index < -0.39 is 0 Å². The molecular weight excluding hydrogens is 380 g/mol. The third kappa shape index (κ3) is 4.11. The van der Waals surface area contributed by atoms with Crippen molar-refractivity contribution in [2.75, 3.05) is 20.2 Å². The highest BCUT2D eigenvalue weighted by Crippen LogP contribution is 2.42. The molecule has 0 saturated carbocycles. The van der Waals surface area contributed by atoms with Crippen molar-refractivity contribution in [2.24, 2.45) is 0 Å². The van der Waals surface area contributed by atoms with E-state index in [4.69, 9.17) is 9.72 Å². The van der Waals surface area contributed by atoms with Crippen molar-refractivity contribution in [3.8, 4) is 0 Å². The molecule has 1 saturated heterocycles. The van der Waals surface area contributed by atoms with Crippen LogP contribution in [-0.2, 0) is 16.7 Å². The van der Waals surface area contributed by atoms with Crippen molar-refractivity contribution in [1.82, 2.24) is 9.88 Å². The Labute approximate surface area is 176 Å². The number of ether oxygens (including phenoxy) is 1. The molecule has 1 aliphatic rings. The summed E-state index contributed by atoms with van der Waals surface area (Å²) in [7, 11) is 1.42. The van der Waals surface area contributed by atoms with Gasteiger partial charge in [0.05, 0.1) is 23.4 Å². The molecule has 0 amide bonds. The van der Waals surface area contributed by atoms with Crippen molar-refractivity contribution in [3.63, 3.8) is 0 Å². The van der Waals surface area contributed by atoms with Gasteiger partial charge in [0, 0.05) is 17.3 Å². The molecule has 0 spiro atoms. The number of methoxy groups -OCH3 is 1. The Balaban J connectivity index is 1.53. The SMILES string of the molecule is COC(=O)c1cccc(CN2CCC(c3ccccc3)(c3csc(C)n3)CC2)c1. The second-order valence-corrected chi connectivity index (χ2v) is 8.73. The molecule has 0 radical (unpaired) electrons. The number of thiazole rings is 1. The highest BCUT2D eigenvalue weighted by atomic mass is 32.1. The lowest BCUT2D eigenvalue weighted by Gasteiger charge is -2.41. The first-order chi connectivity index (χ1) is 14.1. The van der Waals surface area contributed by atoms with Crippen LogP contribution in [0.15, 0.2) is 60.0 Å². The molecule has 1 aromatic heterocycles. The van der Waals surface area contributed by atoms with E-state index in [0.29, 0.717) is 5.56 Å². The summed E-state index contributed by atoms with van der Waals surface area (Å²) in [5.41, 5.74) is 4.30. The summed E-state index contributed by atoms with van der Waals surface area (Å²) in [5.74, 6) is -0.285. The molecule has 5 heteroatoms. The highest BCUT2D eigenvalue weighted by molar-refractivity contribution is 7.09. The van der Waals surface area contributed by atoms with Crippen LogP contribution in [0.2, 0.25) is 0 Å². The van der Waals surface area contributed by atoms with E-state index >= 15 is 0 Å². The van der Waals surface area contributed by atoms with Gasteiger partial charge < -0.3 is 4.74 Å². The fourth-order valence-electron chi connectivity index (χ4n) is 4.30. The zero-order valence-electron chi connectivity index (χ0n) is 16.9. The second-order valence-electron chi connectivity index (χ2n) is 7.67. The number of aromatic nitrogens is 1. The molecule has 1 aliphatic heterocycles. The number of rotatable bonds is 5. The van der Waals surface area contributed by atoms with E-state index in [1.807, 2.05) is 12.1 Å². The number of carbonyl (C=O) groups is 1. The van der Waals surface area contributed by atoms with Crippen LogP contribution in [0.3, 0.4) is 0 Å². The third-order valence-corrected chi connectivity index (χ3v) is 6.67. The number of benzene rings is 2. The van der Waals surface area contributed by atoms with E-state index in [1.54, 1.807) is 17.4 Å². The van der Waals surface area contributed by atoms with Crippen LogP contribution >= 0.6 is 11.3 Å². The van der Waals surface area contributed by atoms with E-state index in [2.05, 4.69) is 53.6 Å². The monoisotopic (exact) mass is 406 g/mol. The van der Waals surface area contributed by atoms with Crippen molar-refractivity contribution in [3.05, 3.63) is 87.4 Å². The van der Waals surface area contributed by atoms with E-state index in [9.17, 15) is 4.79 Å². The normalized spacial score (nSPS) is 16.5. The predicted octanol–water partition coefficient (Wildman–Crippen LogP) is 4.82. The lowest BCUT2D eigenvalue weighted by atomic mass is 9.70. The largest absolute Gasteiger partial charge is 0.465 e. The number of hydrogen-bond donors (Lipinski definition) is 0. The Kier molecular flexibility index (Phi) is 5.79. The number of likely N-dealkylation sites (tertiary alicyclic amines) is 1. The maximum atomic E-state index is 11.8. The topological polar surface area (TPSA) is 42.4 Å². The number of aryl methyl sites for hydroxylation is 1. The van der Waals surface area contributed by atoms with Crippen LogP contribution in [0.5, 0.6) is 0 Å². The Bertz CT molecular complexity index is 975. The number of piperidine rings is 1. The Hall–Kier alpha value is -2.50. The summed E-state index contributed by atoms with van der Waals surface area (Å²) >= 11 is 1.73. The number of hydrogen-bond acceptors (Lipinski definition) is 5. The zero-order valence-corrected chi connectivity index (χ0v) is 17.7. The molecular formula is C24H26N2O2S. The molecule has 0 aliphatic carbocycles. The fraction of sp³-hybridized carbons (Fsp3) is 0.333. The molecule has 0 N–H and O–H groups in total. The summed E-state index contributed by atoms with van der Waals surface area (Å²) in [5, 5.41) is 3.36. The lowest BCUT2D eigenvalue weighted by Crippen LogP contribution is -2.43. The average molecular weight is 407 g/mol. The summed E-state index contributed by atoms with van der Waals surface area (Å²) in [4.78, 5) is 19.2. The van der Waals surface area contributed by atoms with Gasteiger partial charge in [-0.2, -0.15) is 0 Å². The van der Waals surface area contributed by atoms with E-state index in [-0.39, 0.29) is 11.4 Å². The van der Waals surface area contributed by atoms with E-state index in [1.165, 1.54) is 18.4 Å². The van der Waals surface area contributed by atoms with Gasteiger partial charge in [-0.05, 0) is 56.1 Å². The standard InChI is InChI=1S/C24H26N2O2S/c1-18-25-22(17-29-18)24(21-9-4-3-5-10-21)11-13-26(14-12-24)16-19-7-6-8-20(15-19)23(27)28-2/h3-10,15,17H,11-14,16H2,1-2H3. The van der Waals surface area contributed by atoms with Gasteiger partial charge in [0.25, 0.3) is 0 Å². The van der Waals surface area contributed by atoms with Gasteiger partial charge in [-0.3, -0.25) is 4.90 Å². The molecule has 150 valence electrons. The summed E-state index contributed by atoms with van der Waals surface area (Å²) < 4.78 is 4.85. The van der Waals surface area contributed by atoms with E-state index in [0.717, 1.165) is 43.0 Å². The van der Waals surface area contributed by atoms with Crippen LogP contribution in [0.25, 0.3) is 0 Å². The van der Waals surface area contributed by atoms with Gasteiger partial charge in [-0.1, -0.05) is 42.5 Å². The minimum Gasteiger partial charge on any atom is -0.465 e. The molecule has 0 bridgehead atoms. The van der Waals surface area contributed by atoms with Crippen LogP contribution in [0, 0.1) is 6.92 Å². The number of carbonyl (C=O) groups excluding carboxylic acids is 1. The summed E-state index contributed by atoms with van der Waals surface area (Å²) in [6.45, 7) is 4.91. The zero-order chi connectivity index (χ0) is 20.3. The minimum atomic E-state index is -0.285. The van der Waals surface area contributed by atoms with Crippen LogP contribution in [-0.4, -0.2) is 36.1 Å². The van der Waals surface area contributed by atoms with Crippen molar-refractivity contribution in [1.29, 1.82) is 0 Å². The van der Waals surface area contributed by atoms with Gasteiger partial charge in [0.1, 0.15) is 0 Å². The molecule has 2 heterocycles. The number of nitrogens with zero attached hydrogens (tertiary/aromatic N) is 2. The Morgan fingerprint density at radius 3 is 2.55 bits per heavy atom. The lowest BCUT2D eigenvalue weighted by molar-refractivity contribution is 0.0600. The Morgan fingerprint density at radius 2 is 1.90 bits per heavy atom. The second kappa shape index (κ2) is 8.47. The Morgan fingerprint density at radius 1 is 1.14 bits per heavy atom. The predicted molar refractivity (Wildman–Crippen MR) is 116 cm³/mol. The highest BCUT2D eigenvalue weighted by Gasteiger charge is 2.39. The minimum absolute atomic E-state index is 0.0175. The molecule has 1 fully saturated rings. The van der Waals surface area contributed by atoms with Gasteiger partial charge >= 0.3 is 5.97 Å². The quantitative estimate of drug-likeness (QED) is 0.570. The van der Waals surface area contributed by atoms with Gasteiger partial charge in [0.15, 0.2) is 0 Å². The maximum absolute atomic E-state index is 11.8. The van der Waals surface area contributed by atoms with Crippen LogP contribution < -0.4 is 0 Å². The molecule has 0 atom stereocenters. The first kappa shape index (κ1) is 19.8. The van der Waals surface area contributed by atoms with Gasteiger partial charge in [-0.25, -0.2) is 9.78 Å². The molecule has 29 heavy (non-hydrogen) atoms. The summed E-state index contributed by atoms with van der Waals surface area (Å²) in [6, 6.07) is 18.6. The smallest absolute Gasteiger partial charge is 0.337 e. The molecule has 4 nitrogen and oxygen atoms in total. The van der Waals surface area contributed by atoms with Crippen LogP contribution in [0.1, 0.15) is 45.0 Å². The first-order valence-corrected chi connectivity index (χ1v) is 10.9. The average Bonchev–Trinajstić information content (AvgIpc) is 3.21. The van der Waals surface area contributed by atoms with Crippen molar-refractivity contribution in [2.45, 2.75) is 31.7 Å². The van der Waals surface area contributed by atoms with Gasteiger partial charge in [0.2, 0.25) is 0 Å². The molecule has 0 unspecified atom stereocenters.